The highest BCUT2D eigenvalue weighted by Crippen LogP contribution is 2.25. The zero-order valence-electron chi connectivity index (χ0n) is 7.60. The summed E-state index contributed by atoms with van der Waals surface area (Å²) < 4.78 is 5.50. The van der Waals surface area contributed by atoms with E-state index in [2.05, 4.69) is 19.9 Å². The average molecular weight is 206 g/mol. The van der Waals surface area contributed by atoms with Crippen LogP contribution in [0, 0.1) is 0 Å². The Hall–Kier alpha value is -1.49. The zero-order valence-corrected chi connectivity index (χ0v) is 7.60. The van der Waals surface area contributed by atoms with Gasteiger partial charge < -0.3 is 9.72 Å². The number of imidazole rings is 1. The summed E-state index contributed by atoms with van der Waals surface area (Å²) in [6.07, 6.45) is 5.55. The fourth-order valence-electron chi connectivity index (χ4n) is 1.69. The van der Waals surface area contributed by atoms with E-state index in [-0.39, 0.29) is 13.5 Å². The molecule has 3 rings (SSSR count). The van der Waals surface area contributed by atoms with Crippen molar-refractivity contribution in [3.05, 3.63) is 18.3 Å². The van der Waals surface area contributed by atoms with Gasteiger partial charge in [0.1, 0.15) is 11.6 Å². The molecule has 0 spiro atoms. The number of aromatic amines is 1. The van der Waals surface area contributed by atoms with Gasteiger partial charge in [-0.1, -0.05) is 7.43 Å². The van der Waals surface area contributed by atoms with Crippen molar-refractivity contribution >= 4 is 11.2 Å². The Morgan fingerprint density at radius 3 is 3.13 bits per heavy atom. The predicted molar refractivity (Wildman–Crippen MR) is 56.3 cm³/mol. The predicted octanol–water partition coefficient (Wildman–Crippen LogP) is 1.84. The van der Waals surface area contributed by atoms with Gasteiger partial charge in [-0.25, -0.2) is 15.0 Å². The fraction of sp³-hybridized carbons (Fsp3) is 0.500. The molecule has 15 heavy (non-hydrogen) atoms. The third kappa shape index (κ3) is 1.70. The van der Waals surface area contributed by atoms with E-state index >= 15 is 0 Å². The summed E-state index contributed by atoms with van der Waals surface area (Å²) in [7, 11) is 0. The van der Waals surface area contributed by atoms with Gasteiger partial charge in [0, 0.05) is 6.61 Å². The monoisotopic (exact) mass is 206 g/mol. The smallest absolute Gasteiger partial charge is 0.180 e. The van der Waals surface area contributed by atoms with Crippen LogP contribution >= 0.6 is 0 Å². The van der Waals surface area contributed by atoms with Gasteiger partial charge in [-0.2, -0.15) is 0 Å². The molecule has 0 bridgehead atoms. The second-order valence-electron chi connectivity index (χ2n) is 3.37. The Morgan fingerprint density at radius 2 is 2.33 bits per heavy atom. The summed E-state index contributed by atoms with van der Waals surface area (Å²) in [6, 6.07) is 0. The van der Waals surface area contributed by atoms with Crippen molar-refractivity contribution < 1.29 is 4.74 Å². The number of fused-ring (bicyclic) bond motifs is 1. The summed E-state index contributed by atoms with van der Waals surface area (Å²) >= 11 is 0. The van der Waals surface area contributed by atoms with Crippen LogP contribution in [-0.4, -0.2) is 26.5 Å². The maximum Gasteiger partial charge on any atom is 0.180 e. The van der Waals surface area contributed by atoms with Crippen molar-refractivity contribution in [3.63, 3.8) is 0 Å². The summed E-state index contributed by atoms with van der Waals surface area (Å²) in [6.45, 7) is 0.812. The molecule has 5 nitrogen and oxygen atoms in total. The third-order valence-electron chi connectivity index (χ3n) is 2.41. The molecule has 1 fully saturated rings. The van der Waals surface area contributed by atoms with E-state index in [4.69, 9.17) is 4.74 Å². The summed E-state index contributed by atoms with van der Waals surface area (Å²) in [5.74, 6) is 0.752. The van der Waals surface area contributed by atoms with Gasteiger partial charge in [0.2, 0.25) is 0 Å². The minimum Gasteiger partial charge on any atom is -0.370 e. The molecule has 3 heterocycles. The fourth-order valence-corrected chi connectivity index (χ4v) is 1.69. The molecule has 1 N–H and O–H groups in total. The molecule has 2 aromatic heterocycles. The van der Waals surface area contributed by atoms with Gasteiger partial charge in [-0.15, -0.1) is 0 Å². The van der Waals surface area contributed by atoms with Crippen LogP contribution in [0.15, 0.2) is 12.5 Å². The minimum absolute atomic E-state index is 0. The number of hydrogen-bond donors (Lipinski definition) is 1. The van der Waals surface area contributed by atoms with Gasteiger partial charge in [-0.05, 0) is 12.8 Å². The number of aromatic nitrogens is 4. The molecular formula is C10H14N4O. The maximum atomic E-state index is 5.50. The van der Waals surface area contributed by atoms with Crippen LogP contribution in [0.3, 0.4) is 0 Å². The first kappa shape index (κ1) is 10.0. The highest BCUT2D eigenvalue weighted by atomic mass is 16.5. The zero-order chi connectivity index (χ0) is 9.38. The summed E-state index contributed by atoms with van der Waals surface area (Å²) in [5.41, 5.74) is 1.58. The Kier molecular flexibility index (Phi) is 2.64. The van der Waals surface area contributed by atoms with Crippen molar-refractivity contribution in [3.8, 4) is 0 Å². The quantitative estimate of drug-likeness (QED) is 0.773. The molecule has 1 aliphatic rings. The second kappa shape index (κ2) is 3.94. The Bertz CT molecular complexity index is 447. The lowest BCUT2D eigenvalue weighted by molar-refractivity contribution is 0.105. The molecule has 0 saturated carbocycles. The van der Waals surface area contributed by atoms with Crippen molar-refractivity contribution in [2.45, 2.75) is 26.4 Å². The van der Waals surface area contributed by atoms with Crippen molar-refractivity contribution in [1.29, 1.82) is 0 Å². The van der Waals surface area contributed by atoms with E-state index in [9.17, 15) is 0 Å². The van der Waals surface area contributed by atoms with E-state index in [0.29, 0.717) is 5.65 Å². The van der Waals surface area contributed by atoms with Gasteiger partial charge in [0.15, 0.2) is 11.5 Å². The molecule has 1 aliphatic heterocycles. The van der Waals surface area contributed by atoms with Crippen LogP contribution in [0.5, 0.6) is 0 Å². The lowest BCUT2D eigenvalue weighted by Crippen LogP contribution is -2.02. The number of nitrogens with one attached hydrogen (secondary N) is 1. The third-order valence-corrected chi connectivity index (χ3v) is 2.41. The normalized spacial score (nSPS) is 20.4. The first-order valence-electron chi connectivity index (χ1n) is 4.71. The van der Waals surface area contributed by atoms with Crippen molar-refractivity contribution in [1.82, 2.24) is 19.9 Å². The standard InChI is InChI=1S/C9H10N4O.CH4/c1-2-7(14-3-1)9-10-4-6-8(13-9)12-5-11-6;/h4-5,7H,1-3H2,(H,10,11,12,13);1H4. The van der Waals surface area contributed by atoms with Crippen LogP contribution in [0.25, 0.3) is 11.2 Å². The van der Waals surface area contributed by atoms with Gasteiger partial charge >= 0.3 is 0 Å². The van der Waals surface area contributed by atoms with Crippen molar-refractivity contribution in [2.75, 3.05) is 6.61 Å². The van der Waals surface area contributed by atoms with E-state index in [0.717, 1.165) is 30.8 Å². The first-order valence-corrected chi connectivity index (χ1v) is 4.71. The Morgan fingerprint density at radius 1 is 1.40 bits per heavy atom. The van der Waals surface area contributed by atoms with Gasteiger partial charge in [0.05, 0.1) is 12.5 Å². The molecule has 0 radical (unpaired) electrons. The SMILES string of the molecule is C.c1nc2nc(C3CCCO3)ncc2[nH]1. The number of hydrogen-bond acceptors (Lipinski definition) is 4. The highest BCUT2D eigenvalue weighted by molar-refractivity contribution is 5.68. The average Bonchev–Trinajstić information content (AvgIpc) is 2.88. The van der Waals surface area contributed by atoms with Crippen molar-refractivity contribution in [2.24, 2.45) is 0 Å². The number of H-pyrrole nitrogens is 1. The largest absolute Gasteiger partial charge is 0.370 e. The molecule has 1 unspecified atom stereocenters. The minimum atomic E-state index is 0. The maximum absolute atomic E-state index is 5.50. The highest BCUT2D eigenvalue weighted by Gasteiger charge is 2.20. The van der Waals surface area contributed by atoms with E-state index in [1.807, 2.05) is 0 Å². The topological polar surface area (TPSA) is 63.7 Å². The molecule has 0 aliphatic carbocycles. The van der Waals surface area contributed by atoms with Crippen LogP contribution in [0.4, 0.5) is 0 Å². The number of nitrogens with zero attached hydrogens (tertiary/aromatic N) is 3. The van der Waals surface area contributed by atoms with Gasteiger partial charge in [-0.3, -0.25) is 0 Å². The molecule has 0 amide bonds. The van der Waals surface area contributed by atoms with E-state index < -0.39 is 0 Å². The van der Waals surface area contributed by atoms with Gasteiger partial charge in [0.25, 0.3) is 0 Å². The van der Waals surface area contributed by atoms with Crippen LogP contribution in [0.1, 0.15) is 32.2 Å². The molecule has 80 valence electrons. The Balaban J connectivity index is 0.000000853. The molecule has 0 aromatic carbocycles. The molecule has 1 saturated heterocycles. The molecule has 5 heteroatoms. The first-order chi connectivity index (χ1) is 6.93. The molecular weight excluding hydrogens is 192 g/mol. The lowest BCUT2D eigenvalue weighted by atomic mass is 10.2. The van der Waals surface area contributed by atoms with E-state index in [1.165, 1.54) is 0 Å². The number of rotatable bonds is 1. The molecule has 1 atom stereocenters. The van der Waals surface area contributed by atoms with Crippen LogP contribution in [-0.2, 0) is 4.74 Å². The second-order valence-corrected chi connectivity index (χ2v) is 3.37. The van der Waals surface area contributed by atoms with Crippen LogP contribution < -0.4 is 0 Å². The van der Waals surface area contributed by atoms with E-state index in [1.54, 1.807) is 12.5 Å². The summed E-state index contributed by atoms with van der Waals surface area (Å²) in [4.78, 5) is 15.6. The lowest BCUT2D eigenvalue weighted by Gasteiger charge is -2.05. The summed E-state index contributed by atoms with van der Waals surface area (Å²) in [5, 5.41) is 0. The molecule has 2 aromatic rings. The number of ether oxygens (including phenoxy) is 1. The Labute approximate surface area is 87.9 Å². The van der Waals surface area contributed by atoms with Crippen LogP contribution in [0.2, 0.25) is 0 Å².